The highest BCUT2D eigenvalue weighted by Crippen LogP contribution is 2.09. The molecule has 3 heteroatoms. The number of hydrogen-bond donors (Lipinski definition) is 1. The van der Waals surface area contributed by atoms with Gasteiger partial charge in [0.25, 0.3) is 0 Å². The molecule has 13 heavy (non-hydrogen) atoms. The lowest BCUT2D eigenvalue weighted by molar-refractivity contribution is 0.00865. The zero-order chi connectivity index (χ0) is 9.68. The highest BCUT2D eigenvalue weighted by Gasteiger charge is 2.11. The van der Waals surface area contributed by atoms with Gasteiger partial charge in [-0.2, -0.15) is 0 Å². The highest BCUT2D eigenvalue weighted by molar-refractivity contribution is 4.96. The van der Waals surface area contributed by atoms with Crippen molar-refractivity contribution in [2.75, 3.05) is 6.54 Å². The van der Waals surface area contributed by atoms with Gasteiger partial charge in [-0.1, -0.05) is 13.8 Å². The summed E-state index contributed by atoms with van der Waals surface area (Å²) < 4.78 is 10.7. The number of nitrogens with two attached hydrogens (primary N) is 1. The Morgan fingerprint density at radius 2 is 2.31 bits per heavy atom. The largest absolute Gasteiger partial charge is 0.467 e. The molecule has 0 bridgehead atoms. The van der Waals surface area contributed by atoms with Crippen LogP contribution in [0.5, 0.6) is 0 Å². The minimum absolute atomic E-state index is 0.116. The Morgan fingerprint density at radius 1 is 1.54 bits per heavy atom. The summed E-state index contributed by atoms with van der Waals surface area (Å²) in [4.78, 5) is 0. The summed E-state index contributed by atoms with van der Waals surface area (Å²) in [6, 6.07) is 3.75. The molecular weight excluding hydrogens is 166 g/mol. The van der Waals surface area contributed by atoms with Gasteiger partial charge in [-0.05, 0) is 18.1 Å². The molecule has 0 aromatic carbocycles. The third-order valence-electron chi connectivity index (χ3n) is 2.00. The Labute approximate surface area is 78.9 Å². The smallest absolute Gasteiger partial charge is 0.129 e. The normalized spacial score (nSPS) is 13.5. The van der Waals surface area contributed by atoms with Gasteiger partial charge in [0.15, 0.2) is 0 Å². The molecule has 2 N–H and O–H groups in total. The lowest BCUT2D eigenvalue weighted by Crippen LogP contribution is -2.28. The fourth-order valence-electron chi connectivity index (χ4n) is 1.12. The van der Waals surface area contributed by atoms with Gasteiger partial charge in [-0.25, -0.2) is 0 Å². The van der Waals surface area contributed by atoms with Crippen molar-refractivity contribution in [3.63, 3.8) is 0 Å². The average Bonchev–Trinajstić information content (AvgIpc) is 2.57. The second-order valence-corrected chi connectivity index (χ2v) is 3.41. The second-order valence-electron chi connectivity index (χ2n) is 3.41. The van der Waals surface area contributed by atoms with Gasteiger partial charge in [-0.15, -0.1) is 0 Å². The van der Waals surface area contributed by atoms with Crippen LogP contribution in [0.4, 0.5) is 0 Å². The van der Waals surface area contributed by atoms with Gasteiger partial charge in [0.2, 0.25) is 0 Å². The van der Waals surface area contributed by atoms with Crippen LogP contribution in [0.15, 0.2) is 22.8 Å². The van der Waals surface area contributed by atoms with Crippen molar-refractivity contribution in [1.82, 2.24) is 0 Å². The van der Waals surface area contributed by atoms with Crippen LogP contribution in [-0.2, 0) is 11.3 Å². The summed E-state index contributed by atoms with van der Waals surface area (Å²) in [5, 5.41) is 0. The predicted octanol–water partition coefficient (Wildman–Crippen LogP) is 1.78. The van der Waals surface area contributed by atoms with E-state index in [4.69, 9.17) is 14.9 Å². The van der Waals surface area contributed by atoms with Crippen LogP contribution in [0.1, 0.15) is 19.6 Å². The van der Waals surface area contributed by atoms with Crippen LogP contribution >= 0.6 is 0 Å². The third-order valence-corrected chi connectivity index (χ3v) is 2.00. The van der Waals surface area contributed by atoms with E-state index < -0.39 is 0 Å². The van der Waals surface area contributed by atoms with Crippen molar-refractivity contribution in [3.8, 4) is 0 Å². The van der Waals surface area contributed by atoms with Crippen LogP contribution in [0.3, 0.4) is 0 Å². The summed E-state index contributed by atoms with van der Waals surface area (Å²) >= 11 is 0. The first-order chi connectivity index (χ1) is 6.24. The molecule has 0 saturated heterocycles. The Bertz CT molecular complexity index is 219. The summed E-state index contributed by atoms with van der Waals surface area (Å²) in [5.74, 6) is 1.29. The molecule has 1 aromatic heterocycles. The van der Waals surface area contributed by atoms with E-state index in [1.807, 2.05) is 12.1 Å². The third kappa shape index (κ3) is 3.20. The molecule has 0 amide bonds. The lowest BCUT2D eigenvalue weighted by atomic mass is 10.1. The molecular formula is C10H17NO2. The zero-order valence-electron chi connectivity index (χ0n) is 8.19. The summed E-state index contributed by atoms with van der Waals surface area (Å²) in [5.41, 5.74) is 5.56. The van der Waals surface area contributed by atoms with E-state index in [-0.39, 0.29) is 6.10 Å². The molecule has 0 aliphatic rings. The zero-order valence-corrected chi connectivity index (χ0v) is 8.19. The van der Waals surface area contributed by atoms with E-state index in [0.29, 0.717) is 19.1 Å². The van der Waals surface area contributed by atoms with Gasteiger partial charge in [-0.3, -0.25) is 0 Å². The molecule has 1 unspecified atom stereocenters. The minimum atomic E-state index is 0.116. The summed E-state index contributed by atoms with van der Waals surface area (Å²) in [7, 11) is 0. The van der Waals surface area contributed by atoms with Gasteiger partial charge >= 0.3 is 0 Å². The first-order valence-electron chi connectivity index (χ1n) is 4.58. The number of rotatable bonds is 5. The molecule has 3 nitrogen and oxygen atoms in total. The van der Waals surface area contributed by atoms with E-state index in [1.165, 1.54) is 0 Å². The molecule has 0 aliphatic carbocycles. The van der Waals surface area contributed by atoms with Crippen LogP contribution in [0, 0.1) is 5.92 Å². The SMILES string of the molecule is CC(C)C(CN)OCc1ccco1. The van der Waals surface area contributed by atoms with Crippen molar-refractivity contribution in [2.45, 2.75) is 26.6 Å². The molecule has 1 aromatic rings. The van der Waals surface area contributed by atoms with Crippen LogP contribution < -0.4 is 5.73 Å². The van der Waals surface area contributed by atoms with Gasteiger partial charge in [0.05, 0.1) is 12.4 Å². The Kier molecular flexibility index (Phi) is 3.99. The molecule has 74 valence electrons. The Hall–Kier alpha value is -0.800. The molecule has 0 radical (unpaired) electrons. The van der Waals surface area contributed by atoms with Crippen molar-refractivity contribution < 1.29 is 9.15 Å². The lowest BCUT2D eigenvalue weighted by Gasteiger charge is -2.18. The van der Waals surface area contributed by atoms with Crippen LogP contribution in [0.25, 0.3) is 0 Å². The topological polar surface area (TPSA) is 48.4 Å². The molecule has 0 fully saturated rings. The molecule has 1 rings (SSSR count). The summed E-state index contributed by atoms with van der Waals surface area (Å²) in [6.45, 7) is 5.25. The van der Waals surface area contributed by atoms with E-state index in [2.05, 4.69) is 13.8 Å². The molecule has 0 spiro atoms. The molecule has 1 heterocycles. The fraction of sp³-hybridized carbons (Fsp3) is 0.600. The Balaban J connectivity index is 2.32. The predicted molar refractivity (Wildman–Crippen MR) is 51.2 cm³/mol. The van der Waals surface area contributed by atoms with E-state index >= 15 is 0 Å². The standard InChI is InChI=1S/C10H17NO2/c1-8(2)10(6-11)13-7-9-4-3-5-12-9/h3-5,8,10H,6-7,11H2,1-2H3. The molecule has 0 saturated carbocycles. The van der Waals surface area contributed by atoms with Crippen molar-refractivity contribution in [3.05, 3.63) is 24.2 Å². The van der Waals surface area contributed by atoms with Crippen molar-refractivity contribution in [2.24, 2.45) is 11.7 Å². The van der Waals surface area contributed by atoms with Crippen LogP contribution in [-0.4, -0.2) is 12.6 Å². The van der Waals surface area contributed by atoms with Crippen LogP contribution in [0.2, 0.25) is 0 Å². The minimum Gasteiger partial charge on any atom is -0.467 e. The van der Waals surface area contributed by atoms with E-state index in [1.54, 1.807) is 6.26 Å². The van der Waals surface area contributed by atoms with E-state index in [9.17, 15) is 0 Å². The quantitative estimate of drug-likeness (QED) is 0.757. The monoisotopic (exact) mass is 183 g/mol. The van der Waals surface area contributed by atoms with E-state index in [0.717, 1.165) is 5.76 Å². The second kappa shape index (κ2) is 5.04. The first-order valence-corrected chi connectivity index (χ1v) is 4.58. The van der Waals surface area contributed by atoms with Crippen molar-refractivity contribution in [1.29, 1.82) is 0 Å². The highest BCUT2D eigenvalue weighted by atomic mass is 16.5. The first kappa shape index (κ1) is 10.3. The molecule has 0 aliphatic heterocycles. The number of furan rings is 1. The van der Waals surface area contributed by atoms with Gasteiger partial charge in [0.1, 0.15) is 12.4 Å². The number of hydrogen-bond acceptors (Lipinski definition) is 3. The number of ether oxygens (including phenoxy) is 1. The summed E-state index contributed by atoms with van der Waals surface area (Å²) in [6.07, 6.45) is 1.76. The van der Waals surface area contributed by atoms with Crippen molar-refractivity contribution >= 4 is 0 Å². The van der Waals surface area contributed by atoms with Gasteiger partial charge in [0, 0.05) is 6.54 Å². The molecule has 1 atom stereocenters. The average molecular weight is 183 g/mol. The maximum Gasteiger partial charge on any atom is 0.129 e. The maximum absolute atomic E-state index is 5.58. The Morgan fingerprint density at radius 3 is 2.77 bits per heavy atom. The fourth-order valence-corrected chi connectivity index (χ4v) is 1.12. The maximum atomic E-state index is 5.58. The van der Waals surface area contributed by atoms with Gasteiger partial charge < -0.3 is 14.9 Å².